The summed E-state index contributed by atoms with van der Waals surface area (Å²) in [6, 6.07) is 8.66. The molecule has 4 N–H and O–H groups in total. The van der Waals surface area contributed by atoms with Crippen LogP contribution in [0.4, 0.5) is 0 Å². The van der Waals surface area contributed by atoms with Crippen LogP contribution in [0.15, 0.2) is 36.5 Å². The van der Waals surface area contributed by atoms with E-state index in [9.17, 15) is 9.11 Å². The number of rotatable bonds is 2. The molecule has 1 aromatic heterocycles. The third kappa shape index (κ3) is 3.21. The highest BCUT2D eigenvalue weighted by Crippen LogP contribution is 2.52. The van der Waals surface area contributed by atoms with Crippen molar-refractivity contribution in [3.05, 3.63) is 63.4 Å². The average molecular weight is 374 g/mol. The maximum absolute atomic E-state index is 10.2. The van der Waals surface area contributed by atoms with E-state index in [1.54, 1.807) is 18.3 Å². The van der Waals surface area contributed by atoms with Gasteiger partial charge in [0.1, 0.15) is 5.15 Å². The third-order valence-electron chi connectivity index (χ3n) is 4.08. The van der Waals surface area contributed by atoms with Crippen molar-refractivity contribution in [2.75, 3.05) is 0 Å². The molecule has 0 aliphatic carbocycles. The van der Waals surface area contributed by atoms with Crippen molar-refractivity contribution in [3.63, 3.8) is 0 Å². The predicted molar refractivity (Wildman–Crippen MR) is 94.6 cm³/mol. The van der Waals surface area contributed by atoms with Crippen molar-refractivity contribution >= 4 is 34.2 Å². The van der Waals surface area contributed by atoms with Crippen LogP contribution in [0.2, 0.25) is 10.2 Å². The Hall–Kier alpha value is -0.860. The largest absolute Gasteiger partial charge is 0.273 e. The highest BCUT2D eigenvalue weighted by Gasteiger charge is 2.48. The molecule has 23 heavy (non-hydrogen) atoms. The molecular formula is C15H17Cl2N3O2S. The Morgan fingerprint density at radius 3 is 2.57 bits per heavy atom. The fourth-order valence-corrected chi connectivity index (χ4v) is 4.83. The fraction of sp³-hybridized carbons (Fsp3) is 0.267. The van der Waals surface area contributed by atoms with E-state index >= 15 is 0 Å². The third-order valence-corrected chi connectivity index (χ3v) is 5.82. The van der Waals surface area contributed by atoms with E-state index in [2.05, 4.69) is 14.4 Å². The Bertz CT molecular complexity index is 742. The number of pyridine rings is 1. The summed E-state index contributed by atoms with van der Waals surface area (Å²) in [5, 5.41) is 1.02. The van der Waals surface area contributed by atoms with E-state index in [0.717, 1.165) is 16.7 Å². The van der Waals surface area contributed by atoms with E-state index in [4.69, 9.17) is 23.2 Å². The van der Waals surface area contributed by atoms with Crippen LogP contribution in [0.3, 0.4) is 0 Å². The number of nitrogens with zero attached hydrogens (tertiary/aromatic N) is 1. The van der Waals surface area contributed by atoms with Gasteiger partial charge in [-0.05, 0) is 48.7 Å². The summed E-state index contributed by atoms with van der Waals surface area (Å²) in [6.45, 7) is 3.83. The first-order valence-corrected chi connectivity index (χ1v) is 9.24. The monoisotopic (exact) mass is 373 g/mol. The molecule has 124 valence electrons. The van der Waals surface area contributed by atoms with Crippen molar-refractivity contribution < 1.29 is 9.11 Å². The quantitative estimate of drug-likeness (QED) is 0.585. The van der Waals surface area contributed by atoms with Crippen LogP contribution in [-0.2, 0) is 5.54 Å². The number of benzene rings is 1. The van der Waals surface area contributed by atoms with Crippen LogP contribution >= 0.6 is 34.2 Å². The molecule has 2 atom stereocenters. The van der Waals surface area contributed by atoms with Crippen LogP contribution in [0.1, 0.15) is 29.7 Å². The van der Waals surface area contributed by atoms with E-state index in [1.165, 1.54) is 0 Å². The molecule has 2 heterocycles. The number of aryl methyl sites for hydroxylation is 1. The lowest BCUT2D eigenvalue weighted by atomic mass is 9.82. The van der Waals surface area contributed by atoms with Gasteiger partial charge in [0.15, 0.2) is 0 Å². The van der Waals surface area contributed by atoms with Crippen molar-refractivity contribution in [2.45, 2.75) is 25.4 Å². The van der Waals surface area contributed by atoms with Crippen molar-refractivity contribution in [1.82, 2.24) is 14.4 Å². The molecule has 1 fully saturated rings. The standard InChI is InChI=1S/C15H17Cl2N3O2S/c1-9-7-11(16)4-5-12(9)14-15(2,20-23(21,22)19-14)10-3-6-13(17)18-8-10/h3-8,14,19-22H,1-2H3. The van der Waals surface area contributed by atoms with Gasteiger partial charge in [0.05, 0.1) is 11.6 Å². The molecule has 0 radical (unpaired) electrons. The van der Waals surface area contributed by atoms with Gasteiger partial charge in [-0.1, -0.05) is 46.3 Å². The second-order valence-corrected chi connectivity index (χ2v) is 8.14. The average Bonchev–Trinajstić information content (AvgIpc) is 2.70. The molecule has 1 aromatic carbocycles. The molecule has 0 spiro atoms. The summed E-state index contributed by atoms with van der Waals surface area (Å²) in [5.74, 6) is 0. The highest BCUT2D eigenvalue weighted by atomic mass is 35.5. The molecular weight excluding hydrogens is 357 g/mol. The molecule has 8 heteroatoms. The SMILES string of the molecule is Cc1cc(Cl)ccc1C1NS(O)(O)NC1(C)c1ccc(Cl)nc1. The van der Waals surface area contributed by atoms with Gasteiger partial charge in [-0.3, -0.25) is 9.11 Å². The highest BCUT2D eigenvalue weighted by molar-refractivity contribution is 8.21. The summed E-state index contributed by atoms with van der Waals surface area (Å²) in [6.07, 6.45) is 1.64. The molecule has 0 saturated carbocycles. The minimum Gasteiger partial charge on any atom is -0.273 e. The number of hydrogen-bond acceptors (Lipinski definition) is 5. The summed E-state index contributed by atoms with van der Waals surface area (Å²) in [5.41, 5.74) is 1.92. The lowest BCUT2D eigenvalue weighted by Gasteiger charge is -2.32. The maximum atomic E-state index is 10.2. The summed E-state index contributed by atoms with van der Waals surface area (Å²) in [4.78, 5) is 4.10. The van der Waals surface area contributed by atoms with Crippen LogP contribution in [-0.4, -0.2) is 14.1 Å². The van der Waals surface area contributed by atoms with Gasteiger partial charge in [0, 0.05) is 11.2 Å². The number of nitrogens with one attached hydrogen (secondary N) is 2. The van der Waals surface area contributed by atoms with Crippen LogP contribution in [0.5, 0.6) is 0 Å². The first-order valence-electron chi connectivity index (χ1n) is 6.94. The van der Waals surface area contributed by atoms with Crippen molar-refractivity contribution in [3.8, 4) is 0 Å². The smallest absolute Gasteiger partial charge is 0.129 e. The van der Waals surface area contributed by atoms with Crippen LogP contribution < -0.4 is 9.44 Å². The van der Waals surface area contributed by atoms with Gasteiger partial charge in [0.2, 0.25) is 0 Å². The van der Waals surface area contributed by atoms with Gasteiger partial charge in [-0.25, -0.2) is 4.98 Å². The number of halogens is 2. The second kappa shape index (κ2) is 5.89. The van der Waals surface area contributed by atoms with E-state index in [-0.39, 0.29) is 6.04 Å². The zero-order valence-electron chi connectivity index (χ0n) is 12.5. The van der Waals surface area contributed by atoms with Gasteiger partial charge < -0.3 is 0 Å². The molecule has 0 bridgehead atoms. The van der Waals surface area contributed by atoms with Gasteiger partial charge in [-0.2, -0.15) is 9.44 Å². The van der Waals surface area contributed by atoms with Crippen LogP contribution in [0, 0.1) is 6.92 Å². The first kappa shape index (κ1) is 17.0. The Morgan fingerprint density at radius 2 is 1.96 bits per heavy atom. The first-order chi connectivity index (χ1) is 10.7. The molecule has 0 amide bonds. The molecule has 2 unspecified atom stereocenters. The number of hydrogen-bond donors (Lipinski definition) is 4. The van der Waals surface area contributed by atoms with Gasteiger partial charge in [-0.15, -0.1) is 0 Å². The maximum Gasteiger partial charge on any atom is 0.129 e. The topological polar surface area (TPSA) is 77.4 Å². The second-order valence-electron chi connectivity index (χ2n) is 5.77. The summed E-state index contributed by atoms with van der Waals surface area (Å²) in [7, 11) is -3.13. The van der Waals surface area contributed by atoms with Gasteiger partial charge >= 0.3 is 0 Å². The zero-order valence-corrected chi connectivity index (χ0v) is 14.9. The molecule has 1 aliphatic rings. The predicted octanol–water partition coefficient (Wildman–Crippen LogP) is 4.43. The molecule has 1 saturated heterocycles. The minimum atomic E-state index is -3.13. The minimum absolute atomic E-state index is 0.368. The lowest BCUT2D eigenvalue weighted by molar-refractivity contribution is 0.374. The lowest BCUT2D eigenvalue weighted by Crippen LogP contribution is -2.38. The van der Waals surface area contributed by atoms with Crippen LogP contribution in [0.25, 0.3) is 0 Å². The fourth-order valence-electron chi connectivity index (χ4n) is 2.91. The summed E-state index contributed by atoms with van der Waals surface area (Å²) < 4.78 is 26.1. The Labute approximate surface area is 146 Å². The Morgan fingerprint density at radius 1 is 1.22 bits per heavy atom. The van der Waals surface area contributed by atoms with E-state index in [1.807, 2.05) is 32.0 Å². The molecule has 5 nitrogen and oxygen atoms in total. The zero-order chi connectivity index (χ0) is 16.8. The number of aromatic nitrogens is 1. The van der Waals surface area contributed by atoms with Gasteiger partial charge in [0.25, 0.3) is 0 Å². The van der Waals surface area contributed by atoms with Crippen molar-refractivity contribution in [1.29, 1.82) is 0 Å². The summed E-state index contributed by atoms with van der Waals surface area (Å²) >= 11 is 11.9. The Balaban J connectivity index is 2.11. The van der Waals surface area contributed by atoms with E-state index in [0.29, 0.717) is 10.2 Å². The normalized spacial score (nSPS) is 27.8. The molecule has 2 aromatic rings. The molecule has 3 rings (SSSR count). The Kier molecular flexibility index (Phi) is 4.35. The van der Waals surface area contributed by atoms with Crippen molar-refractivity contribution in [2.24, 2.45) is 0 Å². The van der Waals surface area contributed by atoms with E-state index < -0.39 is 16.5 Å². The molecule has 1 aliphatic heterocycles.